The lowest BCUT2D eigenvalue weighted by atomic mass is 10.2. The molecule has 1 fully saturated rings. The first-order valence-electron chi connectivity index (χ1n) is 7.33. The molecule has 0 bridgehead atoms. The number of aromatic nitrogens is 2. The minimum Gasteiger partial charge on any atom is -0.376 e. The highest BCUT2D eigenvalue weighted by molar-refractivity contribution is 5.58. The average molecular weight is 284 g/mol. The van der Waals surface area contributed by atoms with Gasteiger partial charge in [0.2, 0.25) is 0 Å². The van der Waals surface area contributed by atoms with Crippen molar-refractivity contribution in [1.29, 1.82) is 0 Å². The van der Waals surface area contributed by atoms with Crippen LogP contribution in [0, 0.1) is 6.92 Å². The highest BCUT2D eigenvalue weighted by atomic mass is 16.5. The topological polar surface area (TPSA) is 59.1 Å². The molecule has 0 saturated carbocycles. The highest BCUT2D eigenvalue weighted by Crippen LogP contribution is 2.18. The van der Waals surface area contributed by atoms with Gasteiger partial charge in [-0.1, -0.05) is 18.2 Å². The van der Waals surface area contributed by atoms with E-state index in [-0.39, 0.29) is 0 Å². The lowest BCUT2D eigenvalue weighted by Crippen LogP contribution is -2.19. The van der Waals surface area contributed by atoms with Crippen LogP contribution in [0.25, 0.3) is 0 Å². The SMILES string of the molecule is Cc1nc(NCC2CCCO2)cc(Nc2ccccc2)n1. The summed E-state index contributed by atoms with van der Waals surface area (Å²) >= 11 is 0. The van der Waals surface area contributed by atoms with Gasteiger partial charge in [0.25, 0.3) is 0 Å². The normalized spacial score (nSPS) is 17.7. The molecule has 1 aliphatic heterocycles. The molecule has 21 heavy (non-hydrogen) atoms. The van der Waals surface area contributed by atoms with Crippen molar-refractivity contribution in [3.05, 3.63) is 42.2 Å². The number of hydrogen-bond donors (Lipinski definition) is 2. The van der Waals surface area contributed by atoms with E-state index in [4.69, 9.17) is 4.74 Å². The average Bonchev–Trinajstić information content (AvgIpc) is 2.99. The fourth-order valence-corrected chi connectivity index (χ4v) is 2.42. The molecule has 2 N–H and O–H groups in total. The molecule has 1 aliphatic rings. The van der Waals surface area contributed by atoms with Gasteiger partial charge < -0.3 is 15.4 Å². The molecule has 0 radical (unpaired) electrons. The maximum atomic E-state index is 5.61. The van der Waals surface area contributed by atoms with Crippen molar-refractivity contribution in [1.82, 2.24) is 9.97 Å². The number of rotatable bonds is 5. The number of benzene rings is 1. The Morgan fingerprint density at radius 1 is 1.19 bits per heavy atom. The van der Waals surface area contributed by atoms with E-state index in [1.54, 1.807) is 0 Å². The van der Waals surface area contributed by atoms with E-state index in [1.165, 1.54) is 0 Å². The standard InChI is InChI=1S/C16H20N4O/c1-12-18-15(17-11-14-8-5-9-21-14)10-16(19-12)20-13-6-3-2-4-7-13/h2-4,6-7,10,14H,5,8-9,11H2,1H3,(H2,17,18,19,20). The Balaban J connectivity index is 1.67. The van der Waals surface area contributed by atoms with Crippen molar-refractivity contribution in [2.75, 3.05) is 23.8 Å². The molecule has 5 heteroatoms. The van der Waals surface area contributed by atoms with Gasteiger partial charge >= 0.3 is 0 Å². The van der Waals surface area contributed by atoms with Crippen LogP contribution in [0.1, 0.15) is 18.7 Å². The predicted molar refractivity (Wildman–Crippen MR) is 84.0 cm³/mol. The third kappa shape index (κ3) is 3.92. The van der Waals surface area contributed by atoms with Crippen molar-refractivity contribution in [2.24, 2.45) is 0 Å². The summed E-state index contributed by atoms with van der Waals surface area (Å²) in [7, 11) is 0. The Labute approximate surface area is 124 Å². The molecule has 1 atom stereocenters. The number of para-hydroxylation sites is 1. The van der Waals surface area contributed by atoms with Gasteiger partial charge in [-0.15, -0.1) is 0 Å². The monoisotopic (exact) mass is 284 g/mol. The summed E-state index contributed by atoms with van der Waals surface area (Å²) in [5.74, 6) is 2.37. The lowest BCUT2D eigenvalue weighted by molar-refractivity contribution is 0.120. The number of anilines is 3. The smallest absolute Gasteiger partial charge is 0.136 e. The summed E-state index contributed by atoms with van der Waals surface area (Å²) in [6.45, 7) is 3.56. The maximum Gasteiger partial charge on any atom is 0.136 e. The highest BCUT2D eigenvalue weighted by Gasteiger charge is 2.15. The Morgan fingerprint density at radius 3 is 2.76 bits per heavy atom. The van der Waals surface area contributed by atoms with E-state index in [0.717, 1.165) is 49.1 Å². The molecule has 2 aromatic rings. The third-order valence-electron chi connectivity index (χ3n) is 3.42. The first-order chi connectivity index (χ1) is 10.3. The predicted octanol–water partition coefficient (Wildman–Crippen LogP) is 3.12. The van der Waals surface area contributed by atoms with Crippen LogP contribution in [-0.4, -0.2) is 29.2 Å². The summed E-state index contributed by atoms with van der Waals surface area (Å²) < 4.78 is 5.61. The van der Waals surface area contributed by atoms with Crippen LogP contribution in [0.3, 0.4) is 0 Å². The van der Waals surface area contributed by atoms with Crippen molar-refractivity contribution in [3.63, 3.8) is 0 Å². The second-order valence-corrected chi connectivity index (χ2v) is 5.19. The summed E-state index contributed by atoms with van der Waals surface area (Å²) in [5.41, 5.74) is 1.01. The van der Waals surface area contributed by atoms with Crippen molar-refractivity contribution >= 4 is 17.3 Å². The molecule has 0 aliphatic carbocycles. The number of ether oxygens (including phenoxy) is 1. The van der Waals surface area contributed by atoms with Crippen LogP contribution in [-0.2, 0) is 4.74 Å². The molecule has 1 saturated heterocycles. The minimum absolute atomic E-state index is 0.297. The van der Waals surface area contributed by atoms with Gasteiger partial charge in [-0.05, 0) is 31.9 Å². The molecule has 1 aromatic heterocycles. The number of nitrogens with zero attached hydrogens (tertiary/aromatic N) is 2. The first-order valence-corrected chi connectivity index (χ1v) is 7.33. The van der Waals surface area contributed by atoms with Crippen molar-refractivity contribution < 1.29 is 4.74 Å². The fraction of sp³-hybridized carbons (Fsp3) is 0.375. The largest absolute Gasteiger partial charge is 0.376 e. The zero-order chi connectivity index (χ0) is 14.5. The van der Waals surface area contributed by atoms with Gasteiger partial charge in [0.05, 0.1) is 6.10 Å². The number of hydrogen-bond acceptors (Lipinski definition) is 5. The Kier molecular flexibility index (Phi) is 4.31. The maximum absolute atomic E-state index is 5.61. The second-order valence-electron chi connectivity index (χ2n) is 5.19. The van der Waals surface area contributed by atoms with Crippen LogP contribution in [0.4, 0.5) is 17.3 Å². The van der Waals surface area contributed by atoms with E-state index in [2.05, 4.69) is 20.6 Å². The van der Waals surface area contributed by atoms with Crippen LogP contribution in [0.15, 0.2) is 36.4 Å². The molecule has 1 aromatic carbocycles. The molecule has 2 heterocycles. The van der Waals surface area contributed by atoms with Crippen LogP contribution in [0.2, 0.25) is 0 Å². The van der Waals surface area contributed by atoms with Crippen LogP contribution in [0.5, 0.6) is 0 Å². The van der Waals surface area contributed by atoms with Crippen molar-refractivity contribution in [2.45, 2.75) is 25.9 Å². The van der Waals surface area contributed by atoms with E-state index in [9.17, 15) is 0 Å². The van der Waals surface area contributed by atoms with Gasteiger partial charge in [-0.25, -0.2) is 9.97 Å². The van der Waals surface area contributed by atoms with Crippen LogP contribution >= 0.6 is 0 Å². The quantitative estimate of drug-likeness (QED) is 0.883. The molecule has 0 spiro atoms. The summed E-state index contributed by atoms with van der Waals surface area (Å²) in [5, 5.41) is 6.63. The van der Waals surface area contributed by atoms with Gasteiger partial charge in [-0.3, -0.25) is 0 Å². The third-order valence-corrected chi connectivity index (χ3v) is 3.42. The Hall–Kier alpha value is -2.14. The van der Waals surface area contributed by atoms with Gasteiger partial charge in [0, 0.05) is 24.9 Å². The van der Waals surface area contributed by atoms with E-state index in [1.807, 2.05) is 43.3 Å². The molecule has 5 nitrogen and oxygen atoms in total. The molecular weight excluding hydrogens is 264 g/mol. The second kappa shape index (κ2) is 6.54. The lowest BCUT2D eigenvalue weighted by Gasteiger charge is -2.13. The Morgan fingerprint density at radius 2 is 2.00 bits per heavy atom. The van der Waals surface area contributed by atoms with E-state index >= 15 is 0 Å². The van der Waals surface area contributed by atoms with E-state index in [0.29, 0.717) is 6.10 Å². The van der Waals surface area contributed by atoms with Gasteiger partial charge in [0.1, 0.15) is 17.5 Å². The van der Waals surface area contributed by atoms with Crippen molar-refractivity contribution in [3.8, 4) is 0 Å². The minimum atomic E-state index is 0.297. The summed E-state index contributed by atoms with van der Waals surface area (Å²) in [4.78, 5) is 8.83. The fourth-order valence-electron chi connectivity index (χ4n) is 2.42. The number of nitrogens with one attached hydrogen (secondary N) is 2. The molecule has 1 unspecified atom stereocenters. The molecule has 110 valence electrons. The van der Waals surface area contributed by atoms with Crippen LogP contribution < -0.4 is 10.6 Å². The number of aryl methyl sites for hydroxylation is 1. The summed E-state index contributed by atoms with van der Waals surface area (Å²) in [6, 6.07) is 11.9. The van der Waals surface area contributed by atoms with Gasteiger partial charge in [0.15, 0.2) is 0 Å². The summed E-state index contributed by atoms with van der Waals surface area (Å²) in [6.07, 6.45) is 2.56. The van der Waals surface area contributed by atoms with Gasteiger partial charge in [-0.2, -0.15) is 0 Å². The Bertz CT molecular complexity index is 582. The molecule has 0 amide bonds. The molecular formula is C16H20N4O. The first kappa shape index (κ1) is 13.8. The molecule has 3 rings (SSSR count). The zero-order valence-electron chi connectivity index (χ0n) is 12.2. The zero-order valence-corrected chi connectivity index (χ0v) is 12.2. The van der Waals surface area contributed by atoms with E-state index < -0.39 is 0 Å².